The summed E-state index contributed by atoms with van der Waals surface area (Å²) in [5, 5.41) is 0. The van der Waals surface area contributed by atoms with E-state index < -0.39 is 0 Å². The molecule has 0 saturated carbocycles. The summed E-state index contributed by atoms with van der Waals surface area (Å²) in [7, 11) is 0. The first-order valence-corrected chi connectivity index (χ1v) is 7.07. The average Bonchev–Trinajstić information content (AvgIpc) is 3.10. The molecule has 1 heterocycles. The van der Waals surface area contributed by atoms with Gasteiger partial charge < -0.3 is 9.47 Å². The number of ether oxygens (including phenoxy) is 2. The SMILES string of the molecule is CCCCCCCCCCOC(C)C1CO1. The fourth-order valence-corrected chi connectivity index (χ4v) is 1.94. The third-order valence-corrected chi connectivity index (χ3v) is 3.26. The van der Waals surface area contributed by atoms with E-state index in [1.807, 2.05) is 0 Å². The van der Waals surface area contributed by atoms with Crippen LogP contribution in [0.15, 0.2) is 0 Å². The Hall–Kier alpha value is -0.0800. The second kappa shape index (κ2) is 9.00. The molecule has 0 aromatic carbocycles. The van der Waals surface area contributed by atoms with Gasteiger partial charge in [-0.05, 0) is 13.3 Å². The molecule has 96 valence electrons. The van der Waals surface area contributed by atoms with E-state index in [2.05, 4.69) is 13.8 Å². The monoisotopic (exact) mass is 228 g/mol. The molecule has 1 aliphatic rings. The lowest BCUT2D eigenvalue weighted by molar-refractivity contribution is 0.0434. The molecule has 0 amide bonds. The standard InChI is InChI=1S/C14H28O2/c1-3-4-5-6-7-8-9-10-11-15-13(2)14-12-16-14/h13-14H,3-12H2,1-2H3. The molecule has 1 aliphatic heterocycles. The summed E-state index contributed by atoms with van der Waals surface area (Å²) >= 11 is 0. The Morgan fingerprint density at radius 1 is 1.06 bits per heavy atom. The van der Waals surface area contributed by atoms with E-state index in [4.69, 9.17) is 9.47 Å². The van der Waals surface area contributed by atoms with E-state index in [1.54, 1.807) is 0 Å². The van der Waals surface area contributed by atoms with Gasteiger partial charge in [-0.2, -0.15) is 0 Å². The maximum Gasteiger partial charge on any atom is 0.107 e. The highest BCUT2D eigenvalue weighted by atomic mass is 16.6. The molecule has 1 saturated heterocycles. The van der Waals surface area contributed by atoms with Crippen LogP contribution in [0.3, 0.4) is 0 Å². The molecule has 1 fully saturated rings. The van der Waals surface area contributed by atoms with Gasteiger partial charge in [-0.25, -0.2) is 0 Å². The van der Waals surface area contributed by atoms with Gasteiger partial charge in [0, 0.05) is 6.61 Å². The van der Waals surface area contributed by atoms with Crippen molar-refractivity contribution in [1.29, 1.82) is 0 Å². The average molecular weight is 228 g/mol. The van der Waals surface area contributed by atoms with Crippen LogP contribution in [-0.2, 0) is 9.47 Å². The Labute approximate surface area is 101 Å². The number of hydrogen-bond donors (Lipinski definition) is 0. The minimum Gasteiger partial charge on any atom is -0.376 e. The van der Waals surface area contributed by atoms with Crippen molar-refractivity contribution in [3.63, 3.8) is 0 Å². The van der Waals surface area contributed by atoms with E-state index in [0.29, 0.717) is 12.2 Å². The first-order chi connectivity index (χ1) is 7.84. The van der Waals surface area contributed by atoms with Crippen LogP contribution < -0.4 is 0 Å². The predicted molar refractivity (Wildman–Crippen MR) is 67.8 cm³/mol. The minimum absolute atomic E-state index is 0.310. The number of rotatable bonds is 11. The molecular weight excluding hydrogens is 200 g/mol. The third kappa shape index (κ3) is 7.24. The van der Waals surface area contributed by atoms with Crippen molar-refractivity contribution >= 4 is 0 Å². The Morgan fingerprint density at radius 2 is 1.62 bits per heavy atom. The van der Waals surface area contributed by atoms with Gasteiger partial charge in [0.25, 0.3) is 0 Å². The first-order valence-electron chi connectivity index (χ1n) is 7.07. The van der Waals surface area contributed by atoms with E-state index in [9.17, 15) is 0 Å². The highest BCUT2D eigenvalue weighted by Crippen LogP contribution is 2.17. The lowest BCUT2D eigenvalue weighted by Crippen LogP contribution is -2.15. The van der Waals surface area contributed by atoms with Crippen molar-refractivity contribution in [3.05, 3.63) is 0 Å². The van der Waals surface area contributed by atoms with E-state index in [0.717, 1.165) is 13.2 Å². The van der Waals surface area contributed by atoms with Gasteiger partial charge in [0.05, 0.1) is 12.7 Å². The lowest BCUT2D eigenvalue weighted by atomic mass is 10.1. The predicted octanol–water partition coefficient (Wildman–Crippen LogP) is 3.93. The lowest BCUT2D eigenvalue weighted by Gasteiger charge is -2.09. The zero-order chi connectivity index (χ0) is 11.6. The molecule has 16 heavy (non-hydrogen) atoms. The molecule has 0 spiro atoms. The van der Waals surface area contributed by atoms with Gasteiger partial charge >= 0.3 is 0 Å². The van der Waals surface area contributed by atoms with Crippen LogP contribution in [0.5, 0.6) is 0 Å². The molecule has 0 aliphatic carbocycles. The Bertz CT molecular complexity index is 155. The number of unbranched alkanes of at least 4 members (excludes halogenated alkanes) is 7. The van der Waals surface area contributed by atoms with Crippen molar-refractivity contribution in [2.24, 2.45) is 0 Å². The smallest absolute Gasteiger partial charge is 0.107 e. The second-order valence-corrected chi connectivity index (χ2v) is 4.92. The number of epoxide rings is 1. The highest BCUT2D eigenvalue weighted by molar-refractivity contribution is 4.75. The van der Waals surface area contributed by atoms with E-state index in [-0.39, 0.29) is 0 Å². The van der Waals surface area contributed by atoms with E-state index >= 15 is 0 Å². The van der Waals surface area contributed by atoms with Gasteiger partial charge in [-0.15, -0.1) is 0 Å². The summed E-state index contributed by atoms with van der Waals surface area (Å²) in [6.07, 6.45) is 11.6. The number of hydrogen-bond acceptors (Lipinski definition) is 2. The van der Waals surface area contributed by atoms with Crippen molar-refractivity contribution in [2.75, 3.05) is 13.2 Å². The largest absolute Gasteiger partial charge is 0.376 e. The molecular formula is C14H28O2. The van der Waals surface area contributed by atoms with Crippen LogP contribution in [0.2, 0.25) is 0 Å². The Morgan fingerprint density at radius 3 is 2.19 bits per heavy atom. The van der Waals surface area contributed by atoms with Crippen molar-refractivity contribution < 1.29 is 9.47 Å². The van der Waals surface area contributed by atoms with Crippen LogP contribution >= 0.6 is 0 Å². The van der Waals surface area contributed by atoms with Gasteiger partial charge in [0.15, 0.2) is 0 Å². The zero-order valence-electron chi connectivity index (χ0n) is 11.0. The summed E-state index contributed by atoms with van der Waals surface area (Å²) < 4.78 is 10.9. The molecule has 2 heteroatoms. The molecule has 0 aromatic heterocycles. The summed E-state index contributed by atoms with van der Waals surface area (Å²) in [6, 6.07) is 0. The van der Waals surface area contributed by atoms with Crippen molar-refractivity contribution in [2.45, 2.75) is 77.4 Å². The van der Waals surface area contributed by atoms with Crippen LogP contribution in [0.4, 0.5) is 0 Å². The van der Waals surface area contributed by atoms with Crippen LogP contribution in [0.25, 0.3) is 0 Å². The molecule has 0 N–H and O–H groups in total. The van der Waals surface area contributed by atoms with Crippen LogP contribution in [0, 0.1) is 0 Å². The fourth-order valence-electron chi connectivity index (χ4n) is 1.94. The van der Waals surface area contributed by atoms with Gasteiger partial charge in [-0.3, -0.25) is 0 Å². The normalized spacial score (nSPS) is 21.0. The first kappa shape index (κ1) is 14.0. The van der Waals surface area contributed by atoms with Gasteiger partial charge in [0.1, 0.15) is 6.10 Å². The summed E-state index contributed by atoms with van der Waals surface area (Å²) in [5.41, 5.74) is 0. The fraction of sp³-hybridized carbons (Fsp3) is 1.00. The van der Waals surface area contributed by atoms with Crippen molar-refractivity contribution in [1.82, 2.24) is 0 Å². The van der Waals surface area contributed by atoms with Crippen LogP contribution in [0.1, 0.15) is 65.2 Å². The topological polar surface area (TPSA) is 21.8 Å². The maximum absolute atomic E-state index is 5.69. The molecule has 2 unspecified atom stereocenters. The Kier molecular flexibility index (Phi) is 7.87. The van der Waals surface area contributed by atoms with Gasteiger partial charge in [-0.1, -0.05) is 51.9 Å². The second-order valence-electron chi connectivity index (χ2n) is 4.92. The van der Waals surface area contributed by atoms with Crippen molar-refractivity contribution in [3.8, 4) is 0 Å². The molecule has 2 atom stereocenters. The highest BCUT2D eigenvalue weighted by Gasteiger charge is 2.29. The molecule has 0 radical (unpaired) electrons. The Balaban J connectivity index is 1.71. The quantitative estimate of drug-likeness (QED) is 0.395. The minimum atomic E-state index is 0.310. The molecule has 1 rings (SSSR count). The molecule has 2 nitrogen and oxygen atoms in total. The molecule has 0 aromatic rings. The third-order valence-electron chi connectivity index (χ3n) is 3.26. The van der Waals surface area contributed by atoms with E-state index in [1.165, 1.54) is 51.4 Å². The van der Waals surface area contributed by atoms with Crippen LogP contribution in [-0.4, -0.2) is 25.4 Å². The summed E-state index contributed by atoms with van der Waals surface area (Å²) in [6.45, 7) is 6.19. The summed E-state index contributed by atoms with van der Waals surface area (Å²) in [4.78, 5) is 0. The molecule has 0 bridgehead atoms. The summed E-state index contributed by atoms with van der Waals surface area (Å²) in [5.74, 6) is 0. The zero-order valence-corrected chi connectivity index (χ0v) is 11.0. The maximum atomic E-state index is 5.69. The van der Waals surface area contributed by atoms with Gasteiger partial charge in [0.2, 0.25) is 0 Å².